The summed E-state index contributed by atoms with van der Waals surface area (Å²) < 4.78 is 0. The quantitative estimate of drug-likeness (QED) is 0.789. The van der Waals surface area contributed by atoms with E-state index in [0.29, 0.717) is 6.54 Å². The van der Waals surface area contributed by atoms with Crippen molar-refractivity contribution in [2.75, 3.05) is 13.1 Å². The smallest absolute Gasteiger partial charge is 0.328 e. The van der Waals surface area contributed by atoms with Gasteiger partial charge in [0.2, 0.25) is 0 Å². The lowest BCUT2D eigenvalue weighted by atomic mass is 10.2. The number of urea groups is 1. The first-order valence-electron chi connectivity index (χ1n) is 5.43. The number of amides is 3. The van der Waals surface area contributed by atoms with E-state index in [1.807, 2.05) is 30.3 Å². The van der Waals surface area contributed by atoms with Gasteiger partial charge in [-0.25, -0.2) is 4.79 Å². The second-order valence-corrected chi connectivity index (χ2v) is 4.00. The molecule has 3 amide bonds. The molecule has 0 unspecified atom stereocenters. The molecule has 1 aliphatic heterocycles. The zero-order chi connectivity index (χ0) is 13.1. The highest BCUT2D eigenvalue weighted by Gasteiger charge is 2.36. The van der Waals surface area contributed by atoms with Crippen molar-refractivity contribution >= 4 is 17.9 Å². The van der Waals surface area contributed by atoms with Crippen LogP contribution in [0.1, 0.15) is 5.56 Å². The fourth-order valence-electron chi connectivity index (χ4n) is 1.81. The van der Waals surface area contributed by atoms with Gasteiger partial charge in [0.05, 0.1) is 0 Å². The Morgan fingerprint density at radius 2 is 1.89 bits per heavy atom. The molecule has 0 saturated carbocycles. The molecule has 0 atom stereocenters. The van der Waals surface area contributed by atoms with Gasteiger partial charge < -0.3 is 10.0 Å². The third-order valence-corrected chi connectivity index (χ3v) is 2.64. The summed E-state index contributed by atoms with van der Waals surface area (Å²) in [6.45, 7) is -0.342. The summed E-state index contributed by atoms with van der Waals surface area (Å²) in [6.07, 6.45) is 0. The molecule has 1 saturated heterocycles. The maximum atomic E-state index is 11.8. The van der Waals surface area contributed by atoms with Gasteiger partial charge in [-0.3, -0.25) is 14.5 Å². The monoisotopic (exact) mass is 248 g/mol. The van der Waals surface area contributed by atoms with Crippen LogP contribution in [0, 0.1) is 0 Å². The number of imide groups is 1. The lowest BCUT2D eigenvalue weighted by molar-refractivity contribution is -0.141. The van der Waals surface area contributed by atoms with E-state index in [-0.39, 0.29) is 6.54 Å². The van der Waals surface area contributed by atoms with Crippen LogP contribution in [0.4, 0.5) is 4.79 Å². The molecule has 94 valence electrons. The Morgan fingerprint density at radius 1 is 1.22 bits per heavy atom. The SMILES string of the molecule is O=C(O)CN1C(=O)CN(Cc2ccccc2)C1=O. The fraction of sp³-hybridized carbons (Fsp3) is 0.250. The molecule has 1 aromatic carbocycles. The van der Waals surface area contributed by atoms with E-state index in [9.17, 15) is 14.4 Å². The lowest BCUT2D eigenvalue weighted by Crippen LogP contribution is -2.36. The van der Waals surface area contributed by atoms with Crippen LogP contribution in [0.25, 0.3) is 0 Å². The number of aliphatic carboxylic acids is 1. The van der Waals surface area contributed by atoms with E-state index in [2.05, 4.69) is 0 Å². The molecule has 1 heterocycles. The maximum Gasteiger partial charge on any atom is 0.328 e. The summed E-state index contributed by atoms with van der Waals surface area (Å²) in [5.74, 6) is -1.67. The minimum Gasteiger partial charge on any atom is -0.480 e. The summed E-state index contributed by atoms with van der Waals surface area (Å²) in [4.78, 5) is 36.0. The number of carbonyl (C=O) groups is 3. The fourth-order valence-corrected chi connectivity index (χ4v) is 1.81. The van der Waals surface area contributed by atoms with Crippen LogP contribution in [0.15, 0.2) is 30.3 Å². The Kier molecular flexibility index (Phi) is 3.27. The highest BCUT2D eigenvalue weighted by molar-refractivity contribution is 6.03. The number of nitrogens with zero attached hydrogens (tertiary/aromatic N) is 2. The first-order valence-corrected chi connectivity index (χ1v) is 5.43. The Bertz CT molecular complexity index is 486. The van der Waals surface area contributed by atoms with Crippen molar-refractivity contribution in [1.82, 2.24) is 9.80 Å². The molecule has 1 aromatic rings. The van der Waals surface area contributed by atoms with E-state index in [1.54, 1.807) is 0 Å². The summed E-state index contributed by atoms with van der Waals surface area (Å²) in [5.41, 5.74) is 0.899. The summed E-state index contributed by atoms with van der Waals surface area (Å²) in [6, 6.07) is 8.68. The van der Waals surface area contributed by atoms with Crippen molar-refractivity contribution in [3.8, 4) is 0 Å². The maximum absolute atomic E-state index is 11.8. The van der Waals surface area contributed by atoms with E-state index in [0.717, 1.165) is 10.5 Å². The van der Waals surface area contributed by atoms with Gasteiger partial charge in [-0.15, -0.1) is 0 Å². The van der Waals surface area contributed by atoms with Crippen molar-refractivity contribution < 1.29 is 19.5 Å². The van der Waals surface area contributed by atoms with E-state index in [1.165, 1.54) is 4.90 Å². The van der Waals surface area contributed by atoms with E-state index in [4.69, 9.17) is 5.11 Å². The molecule has 1 aliphatic rings. The molecule has 2 rings (SSSR count). The average Bonchev–Trinajstić information content (AvgIpc) is 2.58. The normalized spacial score (nSPS) is 15.3. The second-order valence-electron chi connectivity index (χ2n) is 4.00. The standard InChI is InChI=1S/C12H12N2O4/c15-10-7-13(6-9-4-2-1-3-5-9)12(18)14(10)8-11(16)17/h1-5H,6-8H2,(H,16,17). The van der Waals surface area contributed by atoms with Crippen molar-refractivity contribution in [2.24, 2.45) is 0 Å². The zero-order valence-electron chi connectivity index (χ0n) is 9.57. The highest BCUT2D eigenvalue weighted by Crippen LogP contribution is 2.14. The predicted molar refractivity (Wildman–Crippen MR) is 61.6 cm³/mol. The topological polar surface area (TPSA) is 77.9 Å². The summed E-state index contributed by atoms with van der Waals surface area (Å²) >= 11 is 0. The molecule has 0 spiro atoms. The minimum absolute atomic E-state index is 0.0684. The molecule has 1 N–H and O–H groups in total. The first-order chi connectivity index (χ1) is 8.58. The summed E-state index contributed by atoms with van der Waals surface area (Å²) in [5, 5.41) is 8.62. The van der Waals surface area contributed by atoms with Crippen molar-refractivity contribution in [2.45, 2.75) is 6.54 Å². The van der Waals surface area contributed by atoms with Gasteiger partial charge in [-0.05, 0) is 5.56 Å². The number of benzene rings is 1. The molecule has 0 aliphatic carbocycles. The van der Waals surface area contributed by atoms with Crippen LogP contribution < -0.4 is 0 Å². The van der Waals surface area contributed by atoms with Gasteiger partial charge in [-0.2, -0.15) is 0 Å². The summed E-state index contributed by atoms with van der Waals surface area (Å²) in [7, 11) is 0. The Labute approximate surface area is 103 Å². The molecule has 18 heavy (non-hydrogen) atoms. The predicted octanol–water partition coefficient (Wildman–Crippen LogP) is 0.535. The Hall–Kier alpha value is -2.37. The largest absolute Gasteiger partial charge is 0.480 e. The van der Waals surface area contributed by atoms with Crippen LogP contribution in [-0.4, -0.2) is 45.9 Å². The van der Waals surface area contributed by atoms with E-state index < -0.39 is 24.5 Å². The molecular weight excluding hydrogens is 236 g/mol. The first kappa shape index (κ1) is 12.1. The Morgan fingerprint density at radius 3 is 2.50 bits per heavy atom. The average molecular weight is 248 g/mol. The van der Waals surface area contributed by atoms with Gasteiger partial charge in [0.15, 0.2) is 0 Å². The molecule has 1 fully saturated rings. The second kappa shape index (κ2) is 4.87. The van der Waals surface area contributed by atoms with Crippen LogP contribution >= 0.6 is 0 Å². The van der Waals surface area contributed by atoms with E-state index >= 15 is 0 Å². The highest BCUT2D eigenvalue weighted by atomic mass is 16.4. The number of carbonyl (C=O) groups excluding carboxylic acids is 2. The molecule has 0 radical (unpaired) electrons. The van der Waals surface area contributed by atoms with Crippen molar-refractivity contribution in [3.63, 3.8) is 0 Å². The molecule has 0 aromatic heterocycles. The zero-order valence-corrected chi connectivity index (χ0v) is 9.57. The molecular formula is C12H12N2O4. The van der Waals surface area contributed by atoms with Gasteiger partial charge >= 0.3 is 12.0 Å². The third-order valence-electron chi connectivity index (χ3n) is 2.64. The molecule has 6 heteroatoms. The van der Waals surface area contributed by atoms with Crippen LogP contribution in [-0.2, 0) is 16.1 Å². The number of carboxylic acid groups (broad SMARTS) is 1. The van der Waals surface area contributed by atoms with Gasteiger partial charge in [0.25, 0.3) is 5.91 Å². The molecule has 0 bridgehead atoms. The van der Waals surface area contributed by atoms with Crippen molar-refractivity contribution in [3.05, 3.63) is 35.9 Å². The van der Waals surface area contributed by atoms with Gasteiger partial charge in [0, 0.05) is 6.54 Å². The van der Waals surface area contributed by atoms with Crippen LogP contribution in [0.2, 0.25) is 0 Å². The van der Waals surface area contributed by atoms with Crippen molar-refractivity contribution in [1.29, 1.82) is 0 Å². The molecule has 6 nitrogen and oxygen atoms in total. The van der Waals surface area contributed by atoms with Crippen LogP contribution in [0.5, 0.6) is 0 Å². The Balaban J connectivity index is 2.06. The minimum atomic E-state index is -1.20. The number of rotatable bonds is 4. The number of carboxylic acids is 1. The van der Waals surface area contributed by atoms with Gasteiger partial charge in [-0.1, -0.05) is 30.3 Å². The van der Waals surface area contributed by atoms with Crippen LogP contribution in [0.3, 0.4) is 0 Å². The number of hydrogen-bond donors (Lipinski definition) is 1. The number of hydrogen-bond acceptors (Lipinski definition) is 3. The lowest BCUT2D eigenvalue weighted by Gasteiger charge is -2.15. The third kappa shape index (κ3) is 2.48. The van der Waals surface area contributed by atoms with Gasteiger partial charge in [0.1, 0.15) is 13.1 Å².